The number of hydrogen-bond donors (Lipinski definition) is 1. The molecular formula is C13H14BrNO4S2. The first-order valence-corrected chi connectivity index (χ1v) is 9.83. The minimum atomic E-state index is -3.79. The van der Waals surface area contributed by atoms with Crippen LogP contribution in [0.25, 0.3) is 0 Å². The zero-order chi connectivity index (χ0) is 15.2. The summed E-state index contributed by atoms with van der Waals surface area (Å²) in [5.74, 6) is -0.484. The number of benzene rings is 1. The fourth-order valence-corrected chi connectivity index (χ4v) is 6.52. The van der Waals surface area contributed by atoms with E-state index < -0.39 is 22.0 Å². The van der Waals surface area contributed by atoms with Crippen LogP contribution in [0, 0.1) is 5.92 Å². The smallest absolute Gasteiger partial charge is 0.322 e. The monoisotopic (exact) mass is 391 g/mol. The molecule has 2 fully saturated rings. The second-order valence-electron chi connectivity index (χ2n) is 5.20. The third kappa shape index (κ3) is 2.86. The van der Waals surface area contributed by atoms with Crippen molar-refractivity contribution >= 4 is 43.7 Å². The van der Waals surface area contributed by atoms with Gasteiger partial charge in [-0.3, -0.25) is 4.79 Å². The van der Waals surface area contributed by atoms with Gasteiger partial charge in [0.15, 0.2) is 0 Å². The van der Waals surface area contributed by atoms with Crippen LogP contribution < -0.4 is 0 Å². The number of hydrogen-bond acceptors (Lipinski definition) is 4. The number of nitrogens with zero attached hydrogens (tertiary/aromatic N) is 1. The van der Waals surface area contributed by atoms with Gasteiger partial charge in [0.2, 0.25) is 10.0 Å². The molecule has 114 valence electrons. The normalized spacial score (nSPS) is 26.9. The van der Waals surface area contributed by atoms with Gasteiger partial charge in [0, 0.05) is 10.2 Å². The average molecular weight is 392 g/mol. The van der Waals surface area contributed by atoms with Gasteiger partial charge in [-0.2, -0.15) is 4.31 Å². The lowest BCUT2D eigenvalue weighted by Gasteiger charge is -2.26. The van der Waals surface area contributed by atoms with Crippen molar-refractivity contribution in [1.29, 1.82) is 0 Å². The molecular weight excluding hydrogens is 378 g/mol. The van der Waals surface area contributed by atoms with E-state index in [2.05, 4.69) is 15.9 Å². The second-order valence-corrected chi connectivity index (χ2v) is 9.11. The van der Waals surface area contributed by atoms with E-state index in [0.717, 1.165) is 17.3 Å². The van der Waals surface area contributed by atoms with Crippen LogP contribution in [0.5, 0.6) is 0 Å². The average Bonchev–Trinajstić information content (AvgIpc) is 3.17. The lowest BCUT2D eigenvalue weighted by atomic mass is 10.3. The Bertz CT molecular complexity index is 657. The molecule has 0 radical (unpaired) electrons. The van der Waals surface area contributed by atoms with Gasteiger partial charge >= 0.3 is 5.97 Å². The molecule has 2 unspecified atom stereocenters. The van der Waals surface area contributed by atoms with E-state index in [4.69, 9.17) is 0 Å². The Morgan fingerprint density at radius 2 is 1.90 bits per heavy atom. The highest BCUT2D eigenvalue weighted by molar-refractivity contribution is 9.10. The van der Waals surface area contributed by atoms with Gasteiger partial charge in [-0.15, -0.1) is 11.8 Å². The maximum atomic E-state index is 12.8. The fraction of sp³-hybridized carbons (Fsp3) is 0.462. The summed E-state index contributed by atoms with van der Waals surface area (Å²) >= 11 is 4.71. The minimum absolute atomic E-state index is 0.144. The van der Waals surface area contributed by atoms with E-state index in [1.807, 2.05) is 0 Å². The van der Waals surface area contributed by atoms with E-state index in [-0.39, 0.29) is 16.2 Å². The van der Waals surface area contributed by atoms with Gasteiger partial charge < -0.3 is 5.11 Å². The number of carboxylic acid groups (broad SMARTS) is 1. The minimum Gasteiger partial charge on any atom is -0.480 e. The summed E-state index contributed by atoms with van der Waals surface area (Å²) in [5, 5.41) is 9.08. The molecule has 8 heteroatoms. The highest BCUT2D eigenvalue weighted by Crippen LogP contribution is 2.47. The van der Waals surface area contributed by atoms with E-state index in [1.54, 1.807) is 12.1 Å². The van der Waals surface area contributed by atoms with Crippen LogP contribution in [0.15, 0.2) is 33.6 Å². The molecule has 2 aliphatic rings. The van der Waals surface area contributed by atoms with E-state index in [9.17, 15) is 18.3 Å². The van der Waals surface area contributed by atoms with Crippen molar-refractivity contribution in [2.75, 3.05) is 5.75 Å². The molecule has 1 heterocycles. The predicted octanol–water partition coefficient (Wildman–Crippen LogP) is 2.38. The van der Waals surface area contributed by atoms with Crippen LogP contribution in [-0.2, 0) is 14.8 Å². The van der Waals surface area contributed by atoms with Gasteiger partial charge in [-0.05, 0) is 43.0 Å². The van der Waals surface area contributed by atoms with Crippen LogP contribution in [0.4, 0.5) is 0 Å². The highest BCUT2D eigenvalue weighted by Gasteiger charge is 2.51. The topological polar surface area (TPSA) is 74.7 Å². The molecule has 1 aromatic rings. The summed E-state index contributed by atoms with van der Waals surface area (Å²) in [4.78, 5) is 11.5. The third-order valence-corrected chi connectivity index (χ3v) is 7.71. The zero-order valence-electron chi connectivity index (χ0n) is 11.0. The van der Waals surface area contributed by atoms with Gasteiger partial charge in [0.05, 0.1) is 10.3 Å². The third-order valence-electron chi connectivity index (χ3n) is 3.68. The van der Waals surface area contributed by atoms with Crippen LogP contribution in [0.2, 0.25) is 0 Å². The van der Waals surface area contributed by atoms with Crippen LogP contribution in [-0.4, -0.2) is 41.0 Å². The predicted molar refractivity (Wildman–Crippen MR) is 83.6 cm³/mol. The SMILES string of the molecule is O=C(O)C1CSC(C2CC2)N1S(=O)(=O)c1ccc(Br)cc1. The second kappa shape index (κ2) is 5.57. The molecule has 1 aromatic carbocycles. The number of aliphatic carboxylic acids is 1. The Morgan fingerprint density at radius 3 is 2.43 bits per heavy atom. The van der Waals surface area contributed by atoms with Gasteiger partial charge in [0.25, 0.3) is 0 Å². The lowest BCUT2D eigenvalue weighted by Crippen LogP contribution is -2.46. The Hall–Kier alpha value is -0.570. The molecule has 0 amide bonds. The summed E-state index contributed by atoms with van der Waals surface area (Å²) in [7, 11) is -3.79. The Labute approximate surface area is 135 Å². The van der Waals surface area contributed by atoms with Crippen LogP contribution in [0.1, 0.15) is 12.8 Å². The molecule has 1 aliphatic carbocycles. The van der Waals surface area contributed by atoms with Crippen molar-refractivity contribution in [2.24, 2.45) is 5.92 Å². The first-order chi connectivity index (χ1) is 9.91. The summed E-state index contributed by atoms with van der Waals surface area (Å²) in [6.07, 6.45) is 1.94. The van der Waals surface area contributed by atoms with E-state index >= 15 is 0 Å². The molecule has 21 heavy (non-hydrogen) atoms. The molecule has 0 aromatic heterocycles. The molecule has 0 spiro atoms. The number of carbonyl (C=O) groups is 1. The molecule has 1 N–H and O–H groups in total. The van der Waals surface area contributed by atoms with Gasteiger partial charge in [-0.1, -0.05) is 15.9 Å². The summed E-state index contributed by atoms with van der Waals surface area (Å²) < 4.78 is 27.7. The maximum absolute atomic E-state index is 12.8. The number of sulfonamides is 1. The van der Waals surface area contributed by atoms with E-state index in [1.165, 1.54) is 28.2 Å². The lowest BCUT2D eigenvalue weighted by molar-refractivity contribution is -0.140. The Morgan fingerprint density at radius 1 is 1.29 bits per heavy atom. The Kier molecular flexibility index (Phi) is 4.06. The maximum Gasteiger partial charge on any atom is 0.322 e. The number of rotatable bonds is 4. The fourth-order valence-electron chi connectivity index (χ4n) is 2.45. The van der Waals surface area contributed by atoms with Crippen LogP contribution >= 0.6 is 27.7 Å². The van der Waals surface area contributed by atoms with Crippen molar-refractivity contribution in [1.82, 2.24) is 4.31 Å². The highest BCUT2D eigenvalue weighted by atomic mass is 79.9. The van der Waals surface area contributed by atoms with Crippen LogP contribution in [0.3, 0.4) is 0 Å². The summed E-state index contributed by atoms with van der Waals surface area (Å²) in [6, 6.07) is 5.33. The quantitative estimate of drug-likeness (QED) is 0.852. The molecule has 5 nitrogen and oxygen atoms in total. The van der Waals surface area contributed by atoms with E-state index in [0.29, 0.717) is 5.75 Å². The standard InChI is InChI=1S/C13H14BrNO4S2/c14-9-3-5-10(6-4-9)21(18,19)15-11(13(16)17)7-20-12(15)8-1-2-8/h3-6,8,11-12H,1-2,7H2,(H,16,17). The molecule has 1 aliphatic heterocycles. The summed E-state index contributed by atoms with van der Waals surface area (Å²) in [6.45, 7) is 0. The summed E-state index contributed by atoms with van der Waals surface area (Å²) in [5.41, 5.74) is 0. The van der Waals surface area contributed by atoms with Crippen molar-refractivity contribution in [3.8, 4) is 0 Å². The number of thioether (sulfide) groups is 1. The van der Waals surface area contributed by atoms with Gasteiger partial charge in [-0.25, -0.2) is 8.42 Å². The van der Waals surface area contributed by atoms with Crippen molar-refractivity contribution < 1.29 is 18.3 Å². The molecule has 1 saturated heterocycles. The zero-order valence-corrected chi connectivity index (χ0v) is 14.2. The number of carboxylic acids is 1. The van der Waals surface area contributed by atoms with Crippen molar-refractivity contribution in [3.05, 3.63) is 28.7 Å². The molecule has 0 bridgehead atoms. The number of halogens is 1. The van der Waals surface area contributed by atoms with Crippen molar-refractivity contribution in [2.45, 2.75) is 29.2 Å². The molecule has 1 saturated carbocycles. The Balaban J connectivity index is 2.00. The van der Waals surface area contributed by atoms with Gasteiger partial charge in [0.1, 0.15) is 6.04 Å². The largest absolute Gasteiger partial charge is 0.480 e. The first kappa shape index (κ1) is 15.3. The molecule has 2 atom stereocenters. The first-order valence-electron chi connectivity index (χ1n) is 6.55. The molecule has 3 rings (SSSR count). The van der Waals surface area contributed by atoms with Crippen molar-refractivity contribution in [3.63, 3.8) is 0 Å².